The van der Waals surface area contributed by atoms with Gasteiger partial charge < -0.3 is 4.57 Å². The lowest BCUT2D eigenvalue weighted by Crippen LogP contribution is -1.97. The molecule has 0 radical (unpaired) electrons. The van der Waals surface area contributed by atoms with Gasteiger partial charge in [-0.05, 0) is 30.2 Å². The van der Waals surface area contributed by atoms with E-state index in [0.29, 0.717) is 0 Å². The van der Waals surface area contributed by atoms with E-state index in [1.807, 2.05) is 18.2 Å². The van der Waals surface area contributed by atoms with Gasteiger partial charge in [-0.3, -0.25) is 0 Å². The van der Waals surface area contributed by atoms with E-state index in [4.69, 9.17) is 5.26 Å². The van der Waals surface area contributed by atoms with Gasteiger partial charge >= 0.3 is 0 Å². The molecule has 84 valence electrons. The van der Waals surface area contributed by atoms with Crippen LogP contribution in [0.25, 0.3) is 28.0 Å². The van der Waals surface area contributed by atoms with Crippen LogP contribution in [0.1, 0.15) is 11.1 Å². The Morgan fingerprint density at radius 3 is 2.89 bits per heavy atom. The summed E-state index contributed by atoms with van der Waals surface area (Å²) in [6, 6.07) is 14.6. The highest BCUT2D eigenvalue weighted by molar-refractivity contribution is 6.11. The van der Waals surface area contributed by atoms with Crippen LogP contribution in [-0.2, 0) is 6.42 Å². The van der Waals surface area contributed by atoms with E-state index < -0.39 is 0 Å². The number of fused-ring (bicyclic) bond motifs is 3. The second-order valence-electron chi connectivity index (χ2n) is 4.62. The molecule has 1 aromatic heterocycles. The lowest BCUT2D eigenvalue weighted by Gasteiger charge is -2.10. The van der Waals surface area contributed by atoms with E-state index in [2.05, 4.69) is 41.1 Å². The van der Waals surface area contributed by atoms with Crippen molar-refractivity contribution in [1.82, 2.24) is 4.57 Å². The molecule has 0 fully saturated rings. The molecule has 0 saturated heterocycles. The highest BCUT2D eigenvalue weighted by atomic mass is 15.0. The summed E-state index contributed by atoms with van der Waals surface area (Å²) in [6.07, 6.45) is 5.18. The van der Waals surface area contributed by atoms with E-state index >= 15 is 0 Å². The van der Waals surface area contributed by atoms with Crippen LogP contribution in [0.15, 0.2) is 42.5 Å². The maximum absolute atomic E-state index is 9.14. The van der Waals surface area contributed by atoms with Crippen molar-refractivity contribution in [1.29, 1.82) is 5.26 Å². The zero-order valence-electron chi connectivity index (χ0n) is 9.72. The first kappa shape index (κ1) is 9.49. The van der Waals surface area contributed by atoms with Crippen LogP contribution in [0.2, 0.25) is 0 Å². The average molecular weight is 230 g/mol. The van der Waals surface area contributed by atoms with Crippen molar-refractivity contribution in [2.24, 2.45) is 0 Å². The Morgan fingerprint density at radius 1 is 1.11 bits per heavy atom. The maximum atomic E-state index is 9.14. The number of nitrogens with zero attached hydrogens (tertiary/aromatic N) is 2. The number of aromatic nitrogens is 1. The Kier molecular flexibility index (Phi) is 1.71. The largest absolute Gasteiger partial charge is 0.316 e. The van der Waals surface area contributed by atoms with Crippen LogP contribution in [0, 0.1) is 11.3 Å². The molecule has 2 heterocycles. The summed E-state index contributed by atoms with van der Waals surface area (Å²) < 4.78 is 2.23. The first-order chi connectivity index (χ1) is 8.88. The lowest BCUT2D eigenvalue weighted by molar-refractivity contribution is 1.16. The van der Waals surface area contributed by atoms with Gasteiger partial charge in [0.1, 0.15) is 0 Å². The summed E-state index contributed by atoms with van der Waals surface area (Å²) in [4.78, 5) is 0. The number of allylic oxidation sites excluding steroid dienone is 1. The average Bonchev–Trinajstić information content (AvgIpc) is 2.76. The maximum Gasteiger partial charge on any atom is 0.0991 e. The minimum atomic E-state index is 0.746. The van der Waals surface area contributed by atoms with Crippen LogP contribution in [0.5, 0.6) is 0 Å². The molecule has 2 nitrogen and oxygen atoms in total. The van der Waals surface area contributed by atoms with Crippen LogP contribution in [0.4, 0.5) is 0 Å². The molecule has 0 amide bonds. The van der Waals surface area contributed by atoms with Crippen molar-refractivity contribution in [3.63, 3.8) is 0 Å². The summed E-state index contributed by atoms with van der Waals surface area (Å²) in [5, 5.41) is 11.5. The monoisotopic (exact) mass is 230 g/mol. The van der Waals surface area contributed by atoms with Crippen LogP contribution < -0.4 is 0 Å². The summed E-state index contributed by atoms with van der Waals surface area (Å²) in [7, 11) is 0. The van der Waals surface area contributed by atoms with Crippen molar-refractivity contribution < 1.29 is 0 Å². The van der Waals surface area contributed by atoms with Gasteiger partial charge in [0.15, 0.2) is 0 Å². The van der Waals surface area contributed by atoms with Gasteiger partial charge in [-0.1, -0.05) is 24.3 Å². The van der Waals surface area contributed by atoms with Crippen molar-refractivity contribution in [3.8, 4) is 6.07 Å². The van der Waals surface area contributed by atoms with Gasteiger partial charge in [0, 0.05) is 17.0 Å². The third kappa shape index (κ3) is 1.06. The predicted molar refractivity (Wildman–Crippen MR) is 73.2 cm³/mol. The second kappa shape index (κ2) is 3.24. The van der Waals surface area contributed by atoms with Gasteiger partial charge in [-0.15, -0.1) is 0 Å². The minimum Gasteiger partial charge on any atom is -0.316 e. The molecule has 2 aromatic carbocycles. The summed E-state index contributed by atoms with van der Waals surface area (Å²) in [5.74, 6) is 0. The van der Waals surface area contributed by atoms with Crippen molar-refractivity contribution in [2.45, 2.75) is 6.42 Å². The van der Waals surface area contributed by atoms with Gasteiger partial charge in [-0.2, -0.15) is 5.26 Å². The molecule has 0 aliphatic carbocycles. The number of rotatable bonds is 0. The fourth-order valence-electron chi connectivity index (χ4n) is 2.88. The summed E-state index contributed by atoms with van der Waals surface area (Å²) in [5.41, 5.74) is 4.44. The zero-order chi connectivity index (χ0) is 12.1. The number of hydrogen-bond acceptors (Lipinski definition) is 1. The smallest absolute Gasteiger partial charge is 0.0991 e. The van der Waals surface area contributed by atoms with E-state index in [1.54, 1.807) is 0 Å². The molecular weight excluding hydrogens is 220 g/mol. The number of hydrogen-bond donors (Lipinski definition) is 0. The Hall–Kier alpha value is -2.53. The quantitative estimate of drug-likeness (QED) is 0.579. The molecular formula is C16H10N2. The highest BCUT2D eigenvalue weighted by Gasteiger charge is 2.15. The molecule has 1 aliphatic rings. The normalized spacial score (nSPS) is 13.1. The van der Waals surface area contributed by atoms with Crippen LogP contribution in [0.3, 0.4) is 0 Å². The zero-order valence-corrected chi connectivity index (χ0v) is 9.72. The Balaban J connectivity index is 2.34. The first-order valence-electron chi connectivity index (χ1n) is 6.01. The number of nitriles is 1. The fourth-order valence-corrected chi connectivity index (χ4v) is 2.88. The standard InChI is InChI=1S/C16H10N2/c17-10-11-8-12-4-3-7-18-15-6-2-1-5-13(15)14(9-11)16(12)18/h1-3,5-9H,4H2. The Labute approximate surface area is 104 Å². The highest BCUT2D eigenvalue weighted by Crippen LogP contribution is 2.34. The van der Waals surface area contributed by atoms with E-state index in [9.17, 15) is 0 Å². The SMILES string of the molecule is N#Cc1cc2c3c(c1)c1ccccc1n3C=CC2. The molecule has 0 bridgehead atoms. The molecule has 0 spiro atoms. The Bertz CT molecular complexity index is 860. The number of para-hydroxylation sites is 1. The molecule has 18 heavy (non-hydrogen) atoms. The summed E-state index contributed by atoms with van der Waals surface area (Å²) >= 11 is 0. The third-order valence-electron chi connectivity index (χ3n) is 3.60. The molecule has 2 heteroatoms. The van der Waals surface area contributed by atoms with Gasteiger partial charge in [0.25, 0.3) is 0 Å². The molecule has 0 N–H and O–H groups in total. The van der Waals surface area contributed by atoms with E-state index in [1.165, 1.54) is 27.4 Å². The van der Waals surface area contributed by atoms with E-state index in [0.717, 1.165) is 12.0 Å². The predicted octanol–water partition coefficient (Wildman–Crippen LogP) is 3.69. The van der Waals surface area contributed by atoms with Gasteiger partial charge in [0.05, 0.1) is 22.7 Å². The first-order valence-corrected chi connectivity index (χ1v) is 6.01. The molecule has 0 unspecified atom stereocenters. The fraction of sp³-hybridized carbons (Fsp3) is 0.0625. The summed E-state index contributed by atoms with van der Waals surface area (Å²) in [6.45, 7) is 0. The molecule has 3 aromatic rings. The minimum absolute atomic E-state index is 0.746. The van der Waals surface area contributed by atoms with Crippen LogP contribution >= 0.6 is 0 Å². The molecule has 0 saturated carbocycles. The molecule has 4 rings (SSSR count). The van der Waals surface area contributed by atoms with Crippen molar-refractivity contribution in [2.75, 3.05) is 0 Å². The Morgan fingerprint density at radius 2 is 2.00 bits per heavy atom. The molecule has 1 aliphatic heterocycles. The lowest BCUT2D eigenvalue weighted by atomic mass is 10.0. The number of benzene rings is 2. The molecule has 0 atom stereocenters. The topological polar surface area (TPSA) is 28.7 Å². The second-order valence-corrected chi connectivity index (χ2v) is 4.62. The van der Waals surface area contributed by atoms with Gasteiger partial charge in [0.2, 0.25) is 0 Å². The van der Waals surface area contributed by atoms with Gasteiger partial charge in [-0.25, -0.2) is 0 Å². The van der Waals surface area contributed by atoms with E-state index in [-0.39, 0.29) is 0 Å². The van der Waals surface area contributed by atoms with Crippen LogP contribution in [-0.4, -0.2) is 4.57 Å². The third-order valence-corrected chi connectivity index (χ3v) is 3.60. The van der Waals surface area contributed by atoms with Crippen molar-refractivity contribution in [3.05, 3.63) is 53.6 Å². The van der Waals surface area contributed by atoms with Crippen molar-refractivity contribution >= 4 is 28.0 Å².